The molecule has 0 saturated carbocycles. The van der Waals surface area contributed by atoms with E-state index in [1.165, 1.54) is 68.8 Å². The third-order valence-corrected chi connectivity index (χ3v) is 5.34. The summed E-state index contributed by atoms with van der Waals surface area (Å²) >= 11 is 0. The zero-order chi connectivity index (χ0) is 28.4. The molecule has 0 bridgehead atoms. The highest BCUT2D eigenvalue weighted by atomic mass is 16.6. The number of benzene rings is 3. The van der Waals surface area contributed by atoms with Crippen LogP contribution in [0.1, 0.15) is 27.9 Å². The fraction of sp³-hybridized carbons (Fsp3) is 0.107. The van der Waals surface area contributed by atoms with Crippen LogP contribution in [-0.4, -0.2) is 46.8 Å². The number of rotatable bonds is 11. The minimum Gasteiger partial charge on any atom is -0.504 e. The largest absolute Gasteiger partial charge is 0.504 e. The first kappa shape index (κ1) is 28.1. The molecule has 3 aromatic rings. The third-order valence-electron chi connectivity index (χ3n) is 5.34. The first-order valence-corrected chi connectivity index (χ1v) is 11.4. The average molecular weight is 532 g/mol. The Kier molecular flexibility index (Phi) is 9.52. The standard InChI is InChI=1S/C28H25N3O8/c1-38-26-15-18(9-13-24(26)33)7-11-20(29-30-28(35)22-5-3-4-6-23(22)31(36)37)17-21(32)12-8-19-10-14-25(34)27(16-19)39-2/h3-16,33-34H,17H2,1-2H3,(H,30,35). The SMILES string of the molecule is COc1cc(C=CC(=O)CC(C=Cc2ccc(O)c(OC)c2)=NNC(=O)c2ccccc2[N+](=O)[O-])ccc1O. The van der Waals surface area contributed by atoms with Crippen molar-refractivity contribution in [3.05, 3.63) is 99.6 Å². The van der Waals surface area contributed by atoms with E-state index in [2.05, 4.69) is 10.5 Å². The molecule has 0 spiro atoms. The van der Waals surface area contributed by atoms with E-state index in [1.54, 1.807) is 30.3 Å². The molecule has 3 N–H and O–H groups in total. The molecule has 0 aliphatic rings. The van der Waals surface area contributed by atoms with Gasteiger partial charge in [-0.05, 0) is 53.6 Å². The summed E-state index contributed by atoms with van der Waals surface area (Å²) in [6.07, 6.45) is 5.69. The number of methoxy groups -OCH3 is 2. The minimum atomic E-state index is -0.821. The molecule has 0 aliphatic carbocycles. The molecular formula is C28H25N3O8. The van der Waals surface area contributed by atoms with Crippen LogP contribution < -0.4 is 14.9 Å². The van der Waals surface area contributed by atoms with Gasteiger partial charge in [0, 0.05) is 6.07 Å². The van der Waals surface area contributed by atoms with Crippen LogP contribution >= 0.6 is 0 Å². The van der Waals surface area contributed by atoms with Crippen molar-refractivity contribution in [1.82, 2.24) is 5.43 Å². The molecule has 3 rings (SSSR count). The first-order chi connectivity index (χ1) is 18.7. The second-order valence-electron chi connectivity index (χ2n) is 7.99. The van der Waals surface area contributed by atoms with Crippen LogP contribution in [-0.2, 0) is 4.79 Å². The summed E-state index contributed by atoms with van der Waals surface area (Å²) in [6, 6.07) is 14.6. The van der Waals surface area contributed by atoms with E-state index in [1.807, 2.05) is 0 Å². The van der Waals surface area contributed by atoms with Crippen molar-refractivity contribution in [2.75, 3.05) is 14.2 Å². The van der Waals surface area contributed by atoms with Gasteiger partial charge >= 0.3 is 0 Å². The number of hydrogen-bond acceptors (Lipinski definition) is 9. The number of amides is 1. The number of carbonyl (C=O) groups is 2. The van der Waals surface area contributed by atoms with Gasteiger partial charge in [-0.2, -0.15) is 5.10 Å². The van der Waals surface area contributed by atoms with Crippen LogP contribution in [0.2, 0.25) is 0 Å². The number of nitro groups is 1. The molecule has 0 fully saturated rings. The van der Waals surface area contributed by atoms with Crippen LogP contribution in [0, 0.1) is 10.1 Å². The Morgan fingerprint density at radius 3 is 2.05 bits per heavy atom. The second kappa shape index (κ2) is 13.2. The van der Waals surface area contributed by atoms with Crippen LogP contribution in [0.3, 0.4) is 0 Å². The van der Waals surface area contributed by atoms with Crippen LogP contribution in [0.15, 0.2) is 77.9 Å². The Hall–Kier alpha value is -5.45. The number of para-hydroxylation sites is 1. The topological polar surface area (TPSA) is 161 Å². The van der Waals surface area contributed by atoms with E-state index in [4.69, 9.17) is 9.47 Å². The molecule has 39 heavy (non-hydrogen) atoms. The van der Waals surface area contributed by atoms with E-state index in [0.29, 0.717) is 11.1 Å². The number of aromatic hydroxyl groups is 2. The molecule has 3 aromatic carbocycles. The number of carbonyl (C=O) groups excluding carboxylic acids is 2. The lowest BCUT2D eigenvalue weighted by atomic mass is 10.1. The maximum absolute atomic E-state index is 12.7. The van der Waals surface area contributed by atoms with Crippen molar-refractivity contribution in [2.24, 2.45) is 5.10 Å². The first-order valence-electron chi connectivity index (χ1n) is 11.4. The third kappa shape index (κ3) is 7.76. The quantitative estimate of drug-likeness (QED) is 0.141. The monoisotopic (exact) mass is 531 g/mol. The van der Waals surface area contributed by atoms with Gasteiger partial charge in [-0.3, -0.25) is 19.7 Å². The number of hydrogen-bond donors (Lipinski definition) is 3. The van der Waals surface area contributed by atoms with Crippen LogP contribution in [0.5, 0.6) is 23.0 Å². The normalized spacial score (nSPS) is 11.5. The molecule has 11 heteroatoms. The summed E-state index contributed by atoms with van der Waals surface area (Å²) in [4.78, 5) is 36.0. The molecule has 1 amide bonds. The maximum Gasteiger partial charge on any atom is 0.282 e. The molecule has 0 aliphatic heterocycles. The summed E-state index contributed by atoms with van der Waals surface area (Å²) in [5, 5.41) is 34.8. The molecular weight excluding hydrogens is 506 g/mol. The van der Waals surface area contributed by atoms with Gasteiger partial charge in [0.25, 0.3) is 11.6 Å². The van der Waals surface area contributed by atoms with Crippen molar-refractivity contribution in [3.8, 4) is 23.0 Å². The Morgan fingerprint density at radius 2 is 1.49 bits per heavy atom. The number of nitrogens with zero attached hydrogens (tertiary/aromatic N) is 2. The van der Waals surface area contributed by atoms with Gasteiger partial charge in [0.1, 0.15) is 5.56 Å². The van der Waals surface area contributed by atoms with E-state index >= 15 is 0 Å². The van der Waals surface area contributed by atoms with Crippen molar-refractivity contribution in [2.45, 2.75) is 6.42 Å². The summed E-state index contributed by atoms with van der Waals surface area (Å²) in [6.45, 7) is 0. The number of ketones is 1. The van der Waals surface area contributed by atoms with Gasteiger partial charge < -0.3 is 19.7 Å². The molecule has 0 aromatic heterocycles. The van der Waals surface area contributed by atoms with Crippen molar-refractivity contribution in [1.29, 1.82) is 0 Å². The number of phenols is 2. The highest BCUT2D eigenvalue weighted by Gasteiger charge is 2.19. The lowest BCUT2D eigenvalue weighted by Crippen LogP contribution is -2.21. The highest BCUT2D eigenvalue weighted by Crippen LogP contribution is 2.27. The Balaban J connectivity index is 1.85. The molecule has 0 saturated heterocycles. The van der Waals surface area contributed by atoms with E-state index < -0.39 is 10.8 Å². The maximum atomic E-state index is 12.7. The smallest absolute Gasteiger partial charge is 0.282 e. The van der Waals surface area contributed by atoms with E-state index in [9.17, 15) is 29.9 Å². The van der Waals surface area contributed by atoms with Crippen molar-refractivity contribution < 1.29 is 34.2 Å². The number of phenolic OH excluding ortho intramolecular Hbond substituents is 2. The van der Waals surface area contributed by atoms with Crippen molar-refractivity contribution in [3.63, 3.8) is 0 Å². The predicted molar refractivity (Wildman–Crippen MR) is 145 cm³/mol. The van der Waals surface area contributed by atoms with Gasteiger partial charge in [-0.1, -0.05) is 36.4 Å². The number of nitro benzene ring substituents is 1. The van der Waals surface area contributed by atoms with E-state index in [-0.39, 0.29) is 52.2 Å². The summed E-state index contributed by atoms with van der Waals surface area (Å²) in [5.41, 5.74) is 3.06. The fourth-order valence-corrected chi connectivity index (χ4v) is 3.36. The lowest BCUT2D eigenvalue weighted by molar-refractivity contribution is -0.385. The van der Waals surface area contributed by atoms with Crippen LogP contribution in [0.25, 0.3) is 12.2 Å². The van der Waals surface area contributed by atoms with Crippen LogP contribution in [0.4, 0.5) is 5.69 Å². The van der Waals surface area contributed by atoms with E-state index in [0.717, 1.165) is 0 Å². The average Bonchev–Trinajstić information content (AvgIpc) is 2.94. The Labute approximate surface area is 223 Å². The van der Waals surface area contributed by atoms with Gasteiger partial charge in [-0.25, -0.2) is 5.43 Å². The minimum absolute atomic E-state index is 0.0409. The zero-order valence-electron chi connectivity index (χ0n) is 21.0. The molecule has 200 valence electrons. The summed E-state index contributed by atoms with van der Waals surface area (Å²) in [5.74, 6) is -0.792. The fourth-order valence-electron chi connectivity index (χ4n) is 3.36. The van der Waals surface area contributed by atoms with Gasteiger partial charge in [0.15, 0.2) is 28.8 Å². The summed E-state index contributed by atoms with van der Waals surface area (Å²) in [7, 11) is 2.81. The highest BCUT2D eigenvalue weighted by molar-refractivity contribution is 6.13. The number of nitrogens with one attached hydrogen (secondary N) is 1. The molecule has 11 nitrogen and oxygen atoms in total. The Morgan fingerprint density at radius 1 is 0.923 bits per heavy atom. The van der Waals surface area contributed by atoms with Gasteiger partial charge in [0.05, 0.1) is 31.3 Å². The van der Waals surface area contributed by atoms with Gasteiger partial charge in [0.2, 0.25) is 0 Å². The van der Waals surface area contributed by atoms with Gasteiger partial charge in [-0.15, -0.1) is 0 Å². The van der Waals surface area contributed by atoms with Crippen molar-refractivity contribution >= 4 is 35.2 Å². The number of ether oxygens (including phenoxy) is 2. The number of allylic oxidation sites excluding steroid dienone is 2. The Bertz CT molecular complexity index is 1480. The molecule has 0 heterocycles. The zero-order valence-corrected chi connectivity index (χ0v) is 21.0. The molecule has 0 unspecified atom stereocenters. The number of hydrazone groups is 1. The predicted octanol–water partition coefficient (Wildman–Crippen LogP) is 4.50. The lowest BCUT2D eigenvalue weighted by Gasteiger charge is -2.05. The summed E-state index contributed by atoms with van der Waals surface area (Å²) < 4.78 is 10.2. The molecule has 0 atom stereocenters. The molecule has 0 radical (unpaired) electrons. The second-order valence-corrected chi connectivity index (χ2v) is 7.99.